The lowest BCUT2D eigenvalue weighted by Gasteiger charge is -2.37. The van der Waals surface area contributed by atoms with E-state index < -0.39 is 35.8 Å². The molecule has 3 aromatic carbocycles. The number of anilines is 1. The molecule has 0 saturated heterocycles. The minimum Gasteiger partial charge on any atom is -0.406 e. The van der Waals surface area contributed by atoms with E-state index in [-0.39, 0.29) is 23.4 Å². The van der Waals surface area contributed by atoms with Crippen LogP contribution < -0.4 is 20.1 Å². The summed E-state index contributed by atoms with van der Waals surface area (Å²) in [6.45, 7) is 1.59. The molecule has 0 atom stereocenters. The summed E-state index contributed by atoms with van der Waals surface area (Å²) in [7, 11) is 0. The maximum Gasteiger partial charge on any atom is 0.573 e. The Kier molecular flexibility index (Phi) is 7.93. The van der Waals surface area contributed by atoms with Gasteiger partial charge in [0, 0.05) is 12.5 Å². The van der Waals surface area contributed by atoms with E-state index in [1.807, 2.05) is 0 Å². The van der Waals surface area contributed by atoms with Gasteiger partial charge in [-0.25, -0.2) is 4.79 Å². The van der Waals surface area contributed by atoms with Crippen LogP contribution in [-0.4, -0.2) is 23.9 Å². The third-order valence-corrected chi connectivity index (χ3v) is 5.63. The van der Waals surface area contributed by atoms with Crippen LogP contribution in [0.15, 0.2) is 89.5 Å². The summed E-state index contributed by atoms with van der Waals surface area (Å²) in [6, 6.07) is 18.7. The third kappa shape index (κ3) is 7.46. The second-order valence-electron chi connectivity index (χ2n) is 8.62. The van der Waals surface area contributed by atoms with Gasteiger partial charge in [0.15, 0.2) is 5.82 Å². The molecule has 0 fully saturated rings. The molecule has 7 nitrogen and oxygen atoms in total. The molecule has 0 unspecified atom stereocenters. The van der Waals surface area contributed by atoms with Crippen molar-refractivity contribution < 1.29 is 45.1 Å². The molecule has 1 heterocycles. The number of amides is 2. The lowest BCUT2D eigenvalue weighted by molar-refractivity contribution is -0.275. The quantitative estimate of drug-likeness (QED) is 0.223. The Balaban J connectivity index is 1.89. The second-order valence-corrected chi connectivity index (χ2v) is 8.62. The monoisotopic (exact) mass is 565 g/mol. The number of aromatic nitrogens is 1. The average molecular weight is 565 g/mol. The largest absolute Gasteiger partial charge is 0.573 e. The number of halogens is 6. The summed E-state index contributed by atoms with van der Waals surface area (Å²) < 4.78 is 91.5. The topological polar surface area (TPSA) is 85.6 Å². The first kappa shape index (κ1) is 28.3. The summed E-state index contributed by atoms with van der Waals surface area (Å²) in [5.41, 5.74) is -0.980. The Hall–Kier alpha value is -4.68. The van der Waals surface area contributed by atoms with Crippen molar-refractivity contribution in [2.75, 3.05) is 5.32 Å². The number of rotatable bonds is 8. The summed E-state index contributed by atoms with van der Waals surface area (Å²) in [5.74, 6) is -0.772. The number of nitrogens with one attached hydrogen (secondary N) is 2. The normalized spacial score (nSPS) is 12.1. The fraction of sp³-hybridized carbons (Fsp3) is 0.185. The van der Waals surface area contributed by atoms with Crippen LogP contribution in [0.5, 0.6) is 11.5 Å². The third-order valence-electron chi connectivity index (χ3n) is 5.63. The lowest BCUT2D eigenvalue weighted by atomic mass is 9.77. The van der Waals surface area contributed by atoms with E-state index in [0.29, 0.717) is 11.3 Å². The summed E-state index contributed by atoms with van der Waals surface area (Å²) >= 11 is 0. The molecule has 0 aliphatic carbocycles. The van der Waals surface area contributed by atoms with Gasteiger partial charge in [0.25, 0.3) is 0 Å². The Morgan fingerprint density at radius 2 is 1.35 bits per heavy atom. The number of nitrogens with zero attached hydrogens (tertiary/aromatic N) is 1. The zero-order chi connectivity index (χ0) is 29.0. The van der Waals surface area contributed by atoms with Crippen LogP contribution in [0.2, 0.25) is 0 Å². The van der Waals surface area contributed by atoms with Crippen molar-refractivity contribution in [2.45, 2.75) is 31.6 Å². The number of carbonyl (C=O) groups is 1. The van der Waals surface area contributed by atoms with Gasteiger partial charge >= 0.3 is 18.8 Å². The molecule has 210 valence electrons. The van der Waals surface area contributed by atoms with Crippen molar-refractivity contribution in [2.24, 2.45) is 0 Å². The number of ether oxygens (including phenoxy) is 2. The van der Waals surface area contributed by atoms with Gasteiger partial charge in [-0.2, -0.15) is 0 Å². The molecule has 0 aliphatic rings. The molecule has 2 amide bonds. The van der Waals surface area contributed by atoms with Gasteiger partial charge in [-0.1, -0.05) is 59.8 Å². The van der Waals surface area contributed by atoms with Gasteiger partial charge in [-0.05, 0) is 47.9 Å². The highest BCUT2D eigenvalue weighted by molar-refractivity contribution is 5.89. The Morgan fingerprint density at radius 1 is 0.800 bits per heavy atom. The number of alkyl halides is 6. The van der Waals surface area contributed by atoms with E-state index in [9.17, 15) is 31.1 Å². The maximum atomic E-state index is 13.3. The predicted octanol–water partition coefficient (Wildman–Crippen LogP) is 7.09. The van der Waals surface area contributed by atoms with Gasteiger partial charge in [0.2, 0.25) is 0 Å². The zero-order valence-corrected chi connectivity index (χ0v) is 20.6. The molecule has 4 aromatic rings. The van der Waals surface area contributed by atoms with Crippen LogP contribution in [-0.2, 0) is 12.0 Å². The standard InChI is InChI=1S/C27H21F6N3O4/c1-17-13-23(36-40-17)34-24(37)35-25(16-18-7-3-2-4-8-18,19-9-5-11-21(14-19)38-26(28,29)30)20-10-6-12-22(15-20)39-27(31,32)33/h2-15H,16H2,1H3,(H2,34,35,36,37). The van der Waals surface area contributed by atoms with Gasteiger partial charge in [-0.3, -0.25) is 5.32 Å². The highest BCUT2D eigenvalue weighted by Crippen LogP contribution is 2.38. The first-order chi connectivity index (χ1) is 18.8. The van der Waals surface area contributed by atoms with Crippen LogP contribution in [0, 0.1) is 6.92 Å². The minimum absolute atomic E-state index is 0.0342. The Bertz CT molecular complexity index is 1390. The van der Waals surface area contributed by atoms with Gasteiger partial charge < -0.3 is 19.3 Å². The first-order valence-electron chi connectivity index (χ1n) is 11.6. The van der Waals surface area contributed by atoms with Gasteiger partial charge in [-0.15, -0.1) is 26.3 Å². The van der Waals surface area contributed by atoms with Crippen molar-refractivity contribution in [1.29, 1.82) is 0 Å². The number of aryl methyl sites for hydroxylation is 1. The van der Waals surface area contributed by atoms with E-state index >= 15 is 0 Å². The SMILES string of the molecule is Cc1cc(NC(=O)NC(Cc2ccccc2)(c2cccc(OC(F)(F)F)c2)c2cccc(OC(F)(F)F)c2)no1. The molecule has 40 heavy (non-hydrogen) atoms. The van der Waals surface area contributed by atoms with Crippen LogP contribution >= 0.6 is 0 Å². The second kappa shape index (κ2) is 11.2. The zero-order valence-electron chi connectivity index (χ0n) is 20.6. The molecule has 0 aliphatic heterocycles. The van der Waals surface area contributed by atoms with Crippen molar-refractivity contribution in [3.05, 3.63) is 107 Å². The van der Waals surface area contributed by atoms with Crippen molar-refractivity contribution >= 4 is 11.8 Å². The number of hydrogen-bond acceptors (Lipinski definition) is 5. The fourth-order valence-corrected chi connectivity index (χ4v) is 4.15. The van der Waals surface area contributed by atoms with Crippen LogP contribution in [0.4, 0.5) is 37.0 Å². The number of urea groups is 1. The molecule has 0 bridgehead atoms. The molecular weight excluding hydrogens is 544 g/mol. The molecule has 0 saturated carbocycles. The summed E-state index contributed by atoms with van der Waals surface area (Å²) in [6.07, 6.45) is -10.1. The van der Waals surface area contributed by atoms with Gasteiger partial charge in [0.1, 0.15) is 17.3 Å². The molecule has 4 rings (SSSR count). The molecular formula is C27H21F6N3O4. The number of hydrogen-bond donors (Lipinski definition) is 2. The van der Waals surface area contributed by atoms with Crippen molar-refractivity contribution in [3.63, 3.8) is 0 Å². The highest BCUT2D eigenvalue weighted by atomic mass is 19.4. The van der Waals surface area contributed by atoms with Crippen LogP contribution in [0.1, 0.15) is 22.5 Å². The molecule has 0 spiro atoms. The Morgan fingerprint density at radius 3 is 1.82 bits per heavy atom. The maximum absolute atomic E-state index is 13.3. The molecule has 2 N–H and O–H groups in total. The van der Waals surface area contributed by atoms with Gasteiger partial charge in [0.05, 0.1) is 5.54 Å². The van der Waals surface area contributed by atoms with Crippen LogP contribution in [0.25, 0.3) is 0 Å². The van der Waals surface area contributed by atoms with Crippen molar-refractivity contribution in [3.8, 4) is 11.5 Å². The van der Waals surface area contributed by atoms with E-state index in [2.05, 4.69) is 25.3 Å². The fourth-order valence-electron chi connectivity index (χ4n) is 4.15. The molecule has 13 heteroatoms. The number of benzene rings is 3. The highest BCUT2D eigenvalue weighted by Gasteiger charge is 2.39. The summed E-state index contributed by atoms with van der Waals surface area (Å²) in [5, 5.41) is 8.90. The predicted molar refractivity (Wildman–Crippen MR) is 131 cm³/mol. The molecule has 0 radical (unpaired) electrons. The van der Waals surface area contributed by atoms with Crippen LogP contribution in [0.3, 0.4) is 0 Å². The number of carbonyl (C=O) groups excluding carboxylic acids is 1. The van der Waals surface area contributed by atoms with E-state index in [1.54, 1.807) is 37.3 Å². The Labute approximate surface area is 223 Å². The van der Waals surface area contributed by atoms with Crippen molar-refractivity contribution in [1.82, 2.24) is 10.5 Å². The van der Waals surface area contributed by atoms with E-state index in [1.165, 1.54) is 30.3 Å². The van der Waals surface area contributed by atoms with E-state index in [4.69, 9.17) is 4.52 Å². The lowest BCUT2D eigenvalue weighted by Crippen LogP contribution is -2.50. The van der Waals surface area contributed by atoms with E-state index in [0.717, 1.165) is 24.3 Å². The summed E-state index contributed by atoms with van der Waals surface area (Å²) in [4.78, 5) is 13.3. The first-order valence-corrected chi connectivity index (χ1v) is 11.6. The average Bonchev–Trinajstić information content (AvgIpc) is 3.26. The minimum atomic E-state index is -5.02. The smallest absolute Gasteiger partial charge is 0.406 e. The molecule has 1 aromatic heterocycles.